The molecule has 0 aromatic heterocycles. The summed E-state index contributed by atoms with van der Waals surface area (Å²) in [6.07, 6.45) is 1.68. The van der Waals surface area contributed by atoms with Crippen LogP contribution in [0.3, 0.4) is 0 Å². The summed E-state index contributed by atoms with van der Waals surface area (Å²) in [5.74, 6) is 0. The van der Waals surface area contributed by atoms with E-state index in [-0.39, 0.29) is 0 Å². The molecule has 0 spiro atoms. The number of fused-ring (bicyclic) bond motifs is 1. The molecule has 2 N–H and O–H groups in total. The Hall–Kier alpha value is -0.120. The van der Waals surface area contributed by atoms with Gasteiger partial charge in [-0.05, 0) is 13.0 Å². The van der Waals surface area contributed by atoms with E-state index in [2.05, 4.69) is 10.6 Å². The molecule has 0 aromatic carbocycles. The van der Waals surface area contributed by atoms with Gasteiger partial charge in [-0.15, -0.1) is 0 Å². The quantitative estimate of drug-likeness (QED) is 0.452. The minimum atomic E-state index is 0.492. The van der Waals surface area contributed by atoms with E-state index in [0.29, 0.717) is 12.1 Å². The highest BCUT2D eigenvalue weighted by Crippen LogP contribution is 2.12. The minimum absolute atomic E-state index is 0.492. The second-order valence-corrected chi connectivity index (χ2v) is 2.65. The zero-order chi connectivity index (χ0) is 6.10. The van der Waals surface area contributed by atoms with Crippen LogP contribution in [-0.2, 0) is 4.74 Å². The van der Waals surface area contributed by atoms with Crippen molar-refractivity contribution in [3.05, 3.63) is 0 Å². The lowest BCUT2D eigenvalue weighted by molar-refractivity contribution is 0.00315. The fourth-order valence-corrected chi connectivity index (χ4v) is 1.53. The zero-order valence-electron chi connectivity index (χ0n) is 5.39. The van der Waals surface area contributed by atoms with E-state index in [1.807, 2.05) is 0 Å². The van der Waals surface area contributed by atoms with Crippen LogP contribution in [0.1, 0.15) is 6.42 Å². The van der Waals surface area contributed by atoms with E-state index < -0.39 is 0 Å². The van der Waals surface area contributed by atoms with Gasteiger partial charge in [0.25, 0.3) is 0 Å². The first-order valence-corrected chi connectivity index (χ1v) is 3.52. The van der Waals surface area contributed by atoms with Gasteiger partial charge in [-0.25, -0.2) is 0 Å². The Morgan fingerprint density at radius 2 is 2.44 bits per heavy atom. The first kappa shape index (κ1) is 5.65. The van der Waals surface area contributed by atoms with Gasteiger partial charge in [0.15, 0.2) is 0 Å². The molecule has 2 unspecified atom stereocenters. The predicted octanol–water partition coefficient (Wildman–Crippen LogP) is -0.706. The fraction of sp³-hybridized carbons (Fsp3) is 1.00. The van der Waals surface area contributed by atoms with Crippen molar-refractivity contribution in [2.24, 2.45) is 0 Å². The van der Waals surface area contributed by atoms with Gasteiger partial charge in [0.1, 0.15) is 0 Å². The monoisotopic (exact) mass is 128 g/mol. The van der Waals surface area contributed by atoms with Crippen LogP contribution in [0.4, 0.5) is 0 Å². The summed E-state index contributed by atoms with van der Waals surface area (Å²) >= 11 is 0. The summed E-state index contributed by atoms with van der Waals surface area (Å²) in [7, 11) is 0. The molecule has 2 heterocycles. The molecule has 52 valence electrons. The molecule has 3 nitrogen and oxygen atoms in total. The molecular weight excluding hydrogens is 116 g/mol. The molecule has 0 radical (unpaired) electrons. The van der Waals surface area contributed by atoms with Crippen molar-refractivity contribution in [2.45, 2.75) is 18.6 Å². The number of ether oxygens (including phenoxy) is 1. The van der Waals surface area contributed by atoms with Gasteiger partial charge in [-0.3, -0.25) is 5.32 Å². The highest BCUT2D eigenvalue weighted by molar-refractivity contribution is 4.87. The van der Waals surface area contributed by atoms with Crippen LogP contribution in [0.15, 0.2) is 0 Å². The molecule has 0 amide bonds. The second kappa shape index (κ2) is 2.25. The normalized spacial score (nSPS) is 42.7. The predicted molar refractivity (Wildman–Crippen MR) is 34.2 cm³/mol. The van der Waals surface area contributed by atoms with Gasteiger partial charge >= 0.3 is 0 Å². The van der Waals surface area contributed by atoms with Crippen LogP contribution in [0, 0.1) is 0 Å². The third-order valence-electron chi connectivity index (χ3n) is 2.05. The van der Waals surface area contributed by atoms with E-state index in [4.69, 9.17) is 4.74 Å². The largest absolute Gasteiger partial charge is 0.361 e. The van der Waals surface area contributed by atoms with Crippen molar-refractivity contribution in [1.29, 1.82) is 0 Å². The molecule has 3 heteroatoms. The molecule has 2 rings (SSSR count). The number of rotatable bonds is 0. The van der Waals surface area contributed by atoms with Gasteiger partial charge in [0.05, 0.1) is 12.8 Å². The lowest BCUT2D eigenvalue weighted by Gasteiger charge is -2.25. The van der Waals surface area contributed by atoms with E-state index in [1.54, 1.807) is 0 Å². The summed E-state index contributed by atoms with van der Waals surface area (Å²) in [5.41, 5.74) is 0. The molecule has 2 atom stereocenters. The molecule has 2 saturated heterocycles. The Morgan fingerprint density at radius 1 is 1.44 bits per heavy atom. The summed E-state index contributed by atoms with van der Waals surface area (Å²) in [5, 5.41) is 6.54. The minimum Gasteiger partial charge on any atom is -0.361 e. The maximum absolute atomic E-state index is 5.43. The topological polar surface area (TPSA) is 33.3 Å². The Balaban J connectivity index is 1.97. The third kappa shape index (κ3) is 0.956. The molecule has 0 aromatic rings. The number of nitrogens with one attached hydrogen (secondary N) is 2. The summed E-state index contributed by atoms with van der Waals surface area (Å²) in [4.78, 5) is 0. The summed E-state index contributed by atoms with van der Waals surface area (Å²) in [6, 6.07) is 0.582. The van der Waals surface area contributed by atoms with Gasteiger partial charge in [0.2, 0.25) is 0 Å². The summed E-state index contributed by atoms with van der Waals surface area (Å²) in [6.45, 7) is 2.94. The maximum Gasteiger partial charge on any atom is 0.0970 e. The summed E-state index contributed by atoms with van der Waals surface area (Å²) < 4.78 is 5.43. The molecule has 0 bridgehead atoms. The molecule has 2 aliphatic heterocycles. The Morgan fingerprint density at radius 3 is 3.33 bits per heavy atom. The molecule has 9 heavy (non-hydrogen) atoms. The SMILES string of the molecule is C1CC2OCNCC2N1. The van der Waals surface area contributed by atoms with Crippen LogP contribution in [0.5, 0.6) is 0 Å². The molecule has 0 aliphatic carbocycles. The number of hydrogen-bond donors (Lipinski definition) is 2. The lowest BCUT2D eigenvalue weighted by atomic mass is 10.1. The maximum atomic E-state index is 5.43. The average molecular weight is 128 g/mol. The Bertz CT molecular complexity index is 95.2. The molecular formula is C6H12N2O. The van der Waals surface area contributed by atoms with Gasteiger partial charge in [-0.2, -0.15) is 0 Å². The van der Waals surface area contributed by atoms with Gasteiger partial charge < -0.3 is 10.1 Å². The third-order valence-corrected chi connectivity index (χ3v) is 2.05. The van der Waals surface area contributed by atoms with E-state index in [9.17, 15) is 0 Å². The van der Waals surface area contributed by atoms with Crippen molar-refractivity contribution < 1.29 is 4.74 Å². The van der Waals surface area contributed by atoms with Gasteiger partial charge in [-0.1, -0.05) is 0 Å². The standard InChI is InChI=1S/C6H12N2O/c1-2-8-5-3-7-4-9-6(1)5/h5-8H,1-4H2. The first-order valence-electron chi connectivity index (χ1n) is 3.52. The van der Waals surface area contributed by atoms with E-state index in [0.717, 1.165) is 19.8 Å². The lowest BCUT2D eigenvalue weighted by Crippen LogP contribution is -2.47. The first-order chi connectivity index (χ1) is 4.47. The second-order valence-electron chi connectivity index (χ2n) is 2.65. The average Bonchev–Trinajstić information content (AvgIpc) is 2.33. The van der Waals surface area contributed by atoms with Crippen molar-refractivity contribution >= 4 is 0 Å². The van der Waals surface area contributed by atoms with E-state index >= 15 is 0 Å². The van der Waals surface area contributed by atoms with Crippen molar-refractivity contribution in [3.8, 4) is 0 Å². The van der Waals surface area contributed by atoms with Crippen LogP contribution in [-0.4, -0.2) is 32.0 Å². The highest BCUT2D eigenvalue weighted by atomic mass is 16.5. The van der Waals surface area contributed by atoms with Gasteiger partial charge in [0, 0.05) is 12.6 Å². The molecule has 2 fully saturated rings. The van der Waals surface area contributed by atoms with Crippen LogP contribution < -0.4 is 10.6 Å². The van der Waals surface area contributed by atoms with Crippen LogP contribution in [0.2, 0.25) is 0 Å². The Labute approximate surface area is 54.8 Å². The smallest absolute Gasteiger partial charge is 0.0970 e. The van der Waals surface area contributed by atoms with Crippen molar-refractivity contribution in [2.75, 3.05) is 19.8 Å². The van der Waals surface area contributed by atoms with E-state index in [1.165, 1.54) is 6.42 Å². The highest BCUT2D eigenvalue weighted by Gasteiger charge is 2.29. The molecule has 2 aliphatic rings. The Kier molecular flexibility index (Phi) is 1.41. The number of hydrogen-bond acceptors (Lipinski definition) is 3. The van der Waals surface area contributed by atoms with Crippen molar-refractivity contribution in [3.63, 3.8) is 0 Å². The zero-order valence-corrected chi connectivity index (χ0v) is 5.39. The fourth-order valence-electron chi connectivity index (χ4n) is 1.53. The van der Waals surface area contributed by atoms with Crippen molar-refractivity contribution in [1.82, 2.24) is 10.6 Å². The van der Waals surface area contributed by atoms with Crippen LogP contribution >= 0.6 is 0 Å². The molecule has 0 saturated carbocycles. The van der Waals surface area contributed by atoms with Crippen LogP contribution in [0.25, 0.3) is 0 Å².